The van der Waals surface area contributed by atoms with E-state index in [2.05, 4.69) is 10.1 Å². The molecule has 1 aromatic heterocycles. The molecule has 4 nitrogen and oxygen atoms in total. The van der Waals surface area contributed by atoms with E-state index in [-0.39, 0.29) is 29.7 Å². The number of rotatable bonds is 4. The zero-order valence-electron chi connectivity index (χ0n) is 11.7. The summed E-state index contributed by atoms with van der Waals surface area (Å²) in [5.41, 5.74) is 0.719. The molecular formula is C16H12F2N2O2. The van der Waals surface area contributed by atoms with Crippen LogP contribution in [0.5, 0.6) is 5.75 Å². The van der Waals surface area contributed by atoms with Gasteiger partial charge in [0, 0.05) is 0 Å². The second-order valence-electron chi connectivity index (χ2n) is 4.70. The smallest absolute Gasteiger partial charge is 0.261 e. The molecule has 2 aromatic carbocycles. The fraction of sp³-hybridized carbons (Fsp3) is 0.125. The fourth-order valence-corrected chi connectivity index (χ4v) is 1.91. The van der Waals surface area contributed by atoms with E-state index < -0.39 is 5.82 Å². The average molecular weight is 302 g/mol. The first kappa shape index (κ1) is 14.2. The van der Waals surface area contributed by atoms with E-state index in [1.807, 2.05) is 0 Å². The molecule has 6 heteroatoms. The van der Waals surface area contributed by atoms with Crippen LogP contribution in [0.3, 0.4) is 0 Å². The molecule has 0 bridgehead atoms. The Morgan fingerprint density at radius 2 is 1.91 bits per heavy atom. The van der Waals surface area contributed by atoms with Gasteiger partial charge in [-0.15, -0.1) is 0 Å². The van der Waals surface area contributed by atoms with Gasteiger partial charge in [-0.25, -0.2) is 8.78 Å². The van der Waals surface area contributed by atoms with Gasteiger partial charge in [-0.05, 0) is 42.8 Å². The van der Waals surface area contributed by atoms with E-state index in [0.717, 1.165) is 0 Å². The molecule has 3 rings (SSSR count). The molecule has 0 spiro atoms. The van der Waals surface area contributed by atoms with E-state index in [0.29, 0.717) is 11.3 Å². The Kier molecular flexibility index (Phi) is 3.82. The summed E-state index contributed by atoms with van der Waals surface area (Å²) in [7, 11) is 0. The molecule has 0 aliphatic heterocycles. The summed E-state index contributed by atoms with van der Waals surface area (Å²) < 4.78 is 37.3. The van der Waals surface area contributed by atoms with Crippen LogP contribution < -0.4 is 4.74 Å². The minimum atomic E-state index is -0.437. The maximum Gasteiger partial charge on any atom is 0.261 e. The third-order valence-electron chi connectivity index (χ3n) is 3.07. The van der Waals surface area contributed by atoms with Gasteiger partial charge in [0.25, 0.3) is 5.89 Å². The van der Waals surface area contributed by atoms with Crippen LogP contribution in [0.15, 0.2) is 47.0 Å². The number of aryl methyl sites for hydroxylation is 1. The Hall–Kier alpha value is -2.76. The summed E-state index contributed by atoms with van der Waals surface area (Å²) in [6, 6.07) is 10.5. The van der Waals surface area contributed by atoms with Gasteiger partial charge < -0.3 is 9.26 Å². The molecule has 0 unspecified atom stereocenters. The predicted octanol–water partition coefficient (Wildman–Crippen LogP) is 3.90. The van der Waals surface area contributed by atoms with Gasteiger partial charge in [-0.3, -0.25) is 0 Å². The Morgan fingerprint density at radius 3 is 2.68 bits per heavy atom. The van der Waals surface area contributed by atoms with E-state index in [4.69, 9.17) is 9.26 Å². The molecule has 0 fully saturated rings. The van der Waals surface area contributed by atoms with Crippen LogP contribution in [0.2, 0.25) is 0 Å². The number of aromatic nitrogens is 2. The first-order chi connectivity index (χ1) is 10.6. The zero-order chi connectivity index (χ0) is 15.5. The minimum absolute atomic E-state index is 0.0447. The molecule has 0 saturated carbocycles. The molecule has 22 heavy (non-hydrogen) atoms. The number of halogens is 2. The number of nitrogens with zero attached hydrogens (tertiary/aromatic N) is 2. The van der Waals surface area contributed by atoms with Gasteiger partial charge in [0.2, 0.25) is 5.82 Å². The van der Waals surface area contributed by atoms with Gasteiger partial charge in [-0.1, -0.05) is 17.3 Å². The molecule has 0 radical (unpaired) electrons. The van der Waals surface area contributed by atoms with Crippen molar-refractivity contribution in [3.63, 3.8) is 0 Å². The molecule has 0 aliphatic carbocycles. The first-order valence-electron chi connectivity index (χ1n) is 6.60. The van der Waals surface area contributed by atoms with Crippen molar-refractivity contribution in [3.8, 4) is 17.2 Å². The highest BCUT2D eigenvalue weighted by molar-refractivity contribution is 5.53. The molecule has 1 heterocycles. The van der Waals surface area contributed by atoms with Crippen LogP contribution in [0.4, 0.5) is 8.78 Å². The van der Waals surface area contributed by atoms with Gasteiger partial charge in [0.15, 0.2) is 6.61 Å². The molecule has 0 aliphatic rings. The van der Waals surface area contributed by atoms with Gasteiger partial charge in [0.1, 0.15) is 17.4 Å². The van der Waals surface area contributed by atoms with Crippen LogP contribution in [-0.4, -0.2) is 10.1 Å². The summed E-state index contributed by atoms with van der Waals surface area (Å²) in [6.07, 6.45) is 0. The molecule has 3 aromatic rings. The van der Waals surface area contributed by atoms with Gasteiger partial charge in [0.05, 0.1) is 5.56 Å². The SMILES string of the molecule is Cc1cc(OCc2noc(-c3ccccc3F)n2)ccc1F. The van der Waals surface area contributed by atoms with Crippen molar-refractivity contribution in [3.05, 3.63) is 65.5 Å². The van der Waals surface area contributed by atoms with Crippen LogP contribution in [-0.2, 0) is 6.61 Å². The summed E-state index contributed by atoms with van der Waals surface area (Å²) in [4.78, 5) is 4.08. The van der Waals surface area contributed by atoms with Crippen molar-refractivity contribution in [2.75, 3.05) is 0 Å². The second-order valence-corrected chi connectivity index (χ2v) is 4.70. The lowest BCUT2D eigenvalue weighted by Crippen LogP contribution is -1.98. The summed E-state index contributed by atoms with van der Waals surface area (Å²) in [5.74, 6) is 0.130. The maximum atomic E-state index is 13.6. The lowest BCUT2D eigenvalue weighted by Gasteiger charge is -2.04. The third-order valence-corrected chi connectivity index (χ3v) is 3.07. The highest BCUT2D eigenvalue weighted by atomic mass is 19.1. The van der Waals surface area contributed by atoms with Crippen molar-refractivity contribution in [2.24, 2.45) is 0 Å². The molecule has 112 valence electrons. The number of hydrogen-bond acceptors (Lipinski definition) is 4. The van der Waals surface area contributed by atoms with Gasteiger partial charge >= 0.3 is 0 Å². The maximum absolute atomic E-state index is 13.6. The number of hydrogen-bond donors (Lipinski definition) is 0. The topological polar surface area (TPSA) is 48.2 Å². The first-order valence-corrected chi connectivity index (χ1v) is 6.60. The highest BCUT2D eigenvalue weighted by Gasteiger charge is 2.13. The largest absolute Gasteiger partial charge is 0.485 e. The standard InChI is InChI=1S/C16H12F2N2O2/c1-10-8-11(6-7-13(10)17)21-9-15-19-16(22-20-15)12-4-2-3-5-14(12)18/h2-8H,9H2,1H3. The molecule has 0 saturated heterocycles. The lowest BCUT2D eigenvalue weighted by atomic mass is 10.2. The quantitative estimate of drug-likeness (QED) is 0.733. The molecular weight excluding hydrogens is 290 g/mol. The fourth-order valence-electron chi connectivity index (χ4n) is 1.91. The van der Waals surface area contributed by atoms with E-state index >= 15 is 0 Å². The summed E-state index contributed by atoms with van der Waals surface area (Å²) >= 11 is 0. The van der Waals surface area contributed by atoms with Crippen molar-refractivity contribution in [1.82, 2.24) is 10.1 Å². The Labute approximate surface area is 125 Å². The Balaban J connectivity index is 1.72. The monoisotopic (exact) mass is 302 g/mol. The summed E-state index contributed by atoms with van der Waals surface area (Å²) in [5, 5.41) is 3.74. The molecule has 0 amide bonds. The third kappa shape index (κ3) is 2.95. The summed E-state index contributed by atoms with van der Waals surface area (Å²) in [6.45, 7) is 1.69. The normalized spacial score (nSPS) is 10.7. The van der Waals surface area contributed by atoms with E-state index in [1.165, 1.54) is 18.2 Å². The zero-order valence-corrected chi connectivity index (χ0v) is 11.7. The van der Waals surface area contributed by atoms with Crippen LogP contribution in [0, 0.1) is 18.6 Å². The van der Waals surface area contributed by atoms with Crippen molar-refractivity contribution in [2.45, 2.75) is 13.5 Å². The van der Waals surface area contributed by atoms with Crippen molar-refractivity contribution >= 4 is 0 Å². The Morgan fingerprint density at radius 1 is 1.09 bits per heavy atom. The van der Waals surface area contributed by atoms with Crippen molar-refractivity contribution in [1.29, 1.82) is 0 Å². The van der Waals surface area contributed by atoms with Crippen LogP contribution >= 0.6 is 0 Å². The average Bonchev–Trinajstić information content (AvgIpc) is 2.98. The van der Waals surface area contributed by atoms with E-state index in [1.54, 1.807) is 31.2 Å². The number of ether oxygens (including phenoxy) is 1. The van der Waals surface area contributed by atoms with Crippen LogP contribution in [0.1, 0.15) is 11.4 Å². The lowest BCUT2D eigenvalue weighted by molar-refractivity contribution is 0.286. The predicted molar refractivity (Wildman–Crippen MR) is 75.2 cm³/mol. The van der Waals surface area contributed by atoms with Crippen LogP contribution in [0.25, 0.3) is 11.5 Å². The molecule has 0 N–H and O–H groups in total. The Bertz CT molecular complexity index is 802. The highest BCUT2D eigenvalue weighted by Crippen LogP contribution is 2.21. The molecule has 0 atom stereocenters. The number of benzene rings is 2. The minimum Gasteiger partial charge on any atom is -0.485 e. The van der Waals surface area contributed by atoms with Crippen molar-refractivity contribution < 1.29 is 18.0 Å². The second kappa shape index (κ2) is 5.93. The van der Waals surface area contributed by atoms with E-state index in [9.17, 15) is 8.78 Å². The van der Waals surface area contributed by atoms with Gasteiger partial charge in [-0.2, -0.15) is 4.98 Å².